The second kappa shape index (κ2) is 8.65. The molecule has 6 heteroatoms. The van der Waals surface area contributed by atoms with Gasteiger partial charge in [0, 0.05) is 34.8 Å². The van der Waals surface area contributed by atoms with Gasteiger partial charge in [-0.05, 0) is 12.5 Å². The van der Waals surface area contributed by atoms with Crippen LogP contribution >= 0.6 is 23.1 Å². The number of benzene rings is 1. The van der Waals surface area contributed by atoms with Crippen LogP contribution in [0.3, 0.4) is 0 Å². The minimum atomic E-state index is 0.219. The van der Waals surface area contributed by atoms with Crippen molar-refractivity contribution in [3.63, 3.8) is 0 Å². The van der Waals surface area contributed by atoms with Gasteiger partial charge in [0.2, 0.25) is 5.91 Å². The van der Waals surface area contributed by atoms with Gasteiger partial charge < -0.3 is 10.2 Å². The van der Waals surface area contributed by atoms with Crippen molar-refractivity contribution in [1.29, 1.82) is 0 Å². The van der Waals surface area contributed by atoms with Crippen molar-refractivity contribution in [2.75, 3.05) is 29.1 Å². The largest absolute Gasteiger partial charge is 0.361 e. The van der Waals surface area contributed by atoms with E-state index in [2.05, 4.69) is 30.4 Å². The zero-order chi connectivity index (χ0) is 18.6. The molecule has 1 amide bonds. The standard InChI is InChI=1S/C21H27N3OS2/c1-2-3-4-5-6-7-12-22-21-23-19-15-9-8-10-17-20(15)24(18(25)14-26-17)13-11-16(19)27-21/h8-10H,2-7,11-14H2,1H3,(H,22,23). The molecule has 0 aliphatic carbocycles. The third-order valence-electron chi connectivity index (χ3n) is 5.24. The van der Waals surface area contributed by atoms with E-state index in [0.717, 1.165) is 41.6 Å². The molecule has 27 heavy (non-hydrogen) atoms. The predicted molar refractivity (Wildman–Crippen MR) is 116 cm³/mol. The van der Waals surface area contributed by atoms with Crippen LogP contribution in [-0.4, -0.2) is 29.7 Å². The number of para-hydroxylation sites is 1. The van der Waals surface area contributed by atoms with E-state index in [1.54, 1.807) is 23.1 Å². The number of unbranched alkanes of at least 4 members (excludes halogenated alkanes) is 5. The van der Waals surface area contributed by atoms with Crippen LogP contribution in [0, 0.1) is 0 Å². The van der Waals surface area contributed by atoms with Gasteiger partial charge in [0.05, 0.1) is 17.1 Å². The van der Waals surface area contributed by atoms with Crippen LogP contribution < -0.4 is 10.2 Å². The zero-order valence-corrected chi connectivity index (χ0v) is 17.6. The van der Waals surface area contributed by atoms with E-state index in [0.29, 0.717) is 5.75 Å². The van der Waals surface area contributed by atoms with Gasteiger partial charge in [-0.2, -0.15) is 0 Å². The van der Waals surface area contributed by atoms with Crippen LogP contribution in [0.2, 0.25) is 0 Å². The van der Waals surface area contributed by atoms with Crippen molar-refractivity contribution < 1.29 is 4.79 Å². The highest BCUT2D eigenvalue weighted by molar-refractivity contribution is 8.00. The number of carbonyl (C=O) groups is 1. The second-order valence-corrected chi connectivity index (χ2v) is 9.32. The number of aromatic nitrogens is 1. The summed E-state index contributed by atoms with van der Waals surface area (Å²) < 4.78 is 0. The van der Waals surface area contributed by atoms with Crippen molar-refractivity contribution in [2.45, 2.75) is 56.8 Å². The first-order chi connectivity index (χ1) is 13.3. The molecule has 1 aromatic heterocycles. The van der Waals surface area contributed by atoms with Gasteiger partial charge >= 0.3 is 0 Å². The number of amides is 1. The number of fused-ring (bicyclic) bond motifs is 2. The maximum absolute atomic E-state index is 12.4. The number of thiazole rings is 1. The van der Waals surface area contributed by atoms with E-state index in [1.807, 2.05) is 4.90 Å². The molecule has 4 nitrogen and oxygen atoms in total. The van der Waals surface area contributed by atoms with Crippen molar-refractivity contribution in [1.82, 2.24) is 4.98 Å². The van der Waals surface area contributed by atoms with Gasteiger partial charge in [-0.25, -0.2) is 4.98 Å². The molecule has 0 atom stereocenters. The lowest BCUT2D eigenvalue weighted by atomic mass is 10.1. The number of nitrogens with zero attached hydrogens (tertiary/aromatic N) is 2. The maximum atomic E-state index is 12.4. The fourth-order valence-electron chi connectivity index (χ4n) is 3.81. The van der Waals surface area contributed by atoms with E-state index in [-0.39, 0.29) is 5.91 Å². The quantitative estimate of drug-likeness (QED) is 0.587. The Hall–Kier alpha value is -1.53. The number of hydrogen-bond donors (Lipinski definition) is 1. The summed E-state index contributed by atoms with van der Waals surface area (Å²) >= 11 is 3.41. The van der Waals surface area contributed by atoms with Crippen molar-refractivity contribution in [2.24, 2.45) is 0 Å². The third kappa shape index (κ3) is 4.02. The molecule has 0 spiro atoms. The Morgan fingerprint density at radius 2 is 2.04 bits per heavy atom. The molecule has 0 saturated carbocycles. The maximum Gasteiger partial charge on any atom is 0.237 e. The molecular formula is C21H27N3OS2. The van der Waals surface area contributed by atoms with Crippen LogP contribution in [0.15, 0.2) is 23.1 Å². The lowest BCUT2D eigenvalue weighted by Gasteiger charge is -2.29. The molecule has 0 bridgehead atoms. The highest BCUT2D eigenvalue weighted by Crippen LogP contribution is 2.46. The molecule has 3 heterocycles. The summed E-state index contributed by atoms with van der Waals surface area (Å²) in [4.78, 5) is 21.8. The molecular weight excluding hydrogens is 374 g/mol. The number of anilines is 2. The molecule has 0 radical (unpaired) electrons. The molecule has 0 saturated heterocycles. The van der Waals surface area contributed by atoms with Crippen LogP contribution in [0.4, 0.5) is 10.8 Å². The first-order valence-electron chi connectivity index (χ1n) is 10.1. The number of thioether (sulfide) groups is 1. The Morgan fingerprint density at radius 1 is 1.19 bits per heavy atom. The predicted octanol–water partition coefficient (Wildman–Crippen LogP) is 5.58. The molecule has 1 aromatic carbocycles. The minimum absolute atomic E-state index is 0.219. The van der Waals surface area contributed by atoms with E-state index >= 15 is 0 Å². The number of carbonyl (C=O) groups excluding carboxylic acids is 1. The number of rotatable bonds is 8. The van der Waals surface area contributed by atoms with Gasteiger partial charge in [0.15, 0.2) is 5.13 Å². The topological polar surface area (TPSA) is 45.2 Å². The third-order valence-corrected chi connectivity index (χ3v) is 7.35. The van der Waals surface area contributed by atoms with Crippen LogP contribution in [-0.2, 0) is 11.2 Å². The van der Waals surface area contributed by atoms with Gasteiger partial charge in [0.25, 0.3) is 0 Å². The molecule has 2 aromatic rings. The molecule has 144 valence electrons. The SMILES string of the molecule is CCCCCCCCNc1nc2c(s1)CCN1C(=O)CSc3cccc-2c31. The summed E-state index contributed by atoms with van der Waals surface area (Å²) in [6.45, 7) is 4.01. The Bertz CT molecular complexity index is 818. The Labute approximate surface area is 169 Å². The first-order valence-corrected chi connectivity index (χ1v) is 11.9. The Balaban J connectivity index is 1.47. The van der Waals surface area contributed by atoms with Crippen molar-refractivity contribution in [3.05, 3.63) is 23.1 Å². The average Bonchev–Trinajstić information content (AvgIpc) is 3.02. The monoisotopic (exact) mass is 401 g/mol. The molecule has 4 rings (SSSR count). The second-order valence-electron chi connectivity index (χ2n) is 7.22. The van der Waals surface area contributed by atoms with E-state index in [9.17, 15) is 4.79 Å². The van der Waals surface area contributed by atoms with Crippen molar-refractivity contribution >= 4 is 39.8 Å². The summed E-state index contributed by atoms with van der Waals surface area (Å²) in [5.74, 6) is 0.763. The molecule has 1 N–H and O–H groups in total. The lowest BCUT2D eigenvalue weighted by molar-refractivity contribution is -0.116. The van der Waals surface area contributed by atoms with Gasteiger partial charge in [-0.3, -0.25) is 4.79 Å². The number of hydrogen-bond acceptors (Lipinski definition) is 5. The smallest absolute Gasteiger partial charge is 0.237 e. The Morgan fingerprint density at radius 3 is 2.93 bits per heavy atom. The lowest BCUT2D eigenvalue weighted by Crippen LogP contribution is -2.36. The van der Waals surface area contributed by atoms with Crippen molar-refractivity contribution in [3.8, 4) is 11.3 Å². The van der Waals surface area contributed by atoms with E-state index in [1.165, 1.54) is 48.3 Å². The average molecular weight is 402 g/mol. The van der Waals surface area contributed by atoms with Gasteiger partial charge in [-0.15, -0.1) is 23.1 Å². The fraction of sp³-hybridized carbons (Fsp3) is 0.524. The van der Waals surface area contributed by atoms with Crippen LogP contribution in [0.1, 0.15) is 50.3 Å². The van der Waals surface area contributed by atoms with E-state index < -0.39 is 0 Å². The number of nitrogens with one attached hydrogen (secondary N) is 1. The molecule has 0 fully saturated rings. The highest BCUT2D eigenvalue weighted by Gasteiger charge is 2.32. The summed E-state index contributed by atoms with van der Waals surface area (Å²) in [5.41, 5.74) is 3.26. The first kappa shape index (κ1) is 18.8. The Kier molecular flexibility index (Phi) is 6.03. The summed E-state index contributed by atoms with van der Waals surface area (Å²) in [6.07, 6.45) is 8.72. The minimum Gasteiger partial charge on any atom is -0.361 e. The van der Waals surface area contributed by atoms with Crippen LogP contribution in [0.5, 0.6) is 0 Å². The van der Waals surface area contributed by atoms with E-state index in [4.69, 9.17) is 4.98 Å². The molecule has 2 aliphatic heterocycles. The molecule has 2 aliphatic rings. The zero-order valence-electron chi connectivity index (χ0n) is 15.9. The van der Waals surface area contributed by atoms with Gasteiger partial charge in [-0.1, -0.05) is 51.2 Å². The highest BCUT2D eigenvalue weighted by atomic mass is 32.2. The summed E-state index contributed by atoms with van der Waals surface area (Å²) in [7, 11) is 0. The molecule has 0 unspecified atom stereocenters. The summed E-state index contributed by atoms with van der Waals surface area (Å²) in [6, 6.07) is 6.33. The normalized spacial score (nSPS) is 15.3. The fourth-order valence-corrected chi connectivity index (χ4v) is 5.76. The van der Waals surface area contributed by atoms with Gasteiger partial charge in [0.1, 0.15) is 0 Å². The van der Waals surface area contributed by atoms with Crippen LogP contribution in [0.25, 0.3) is 11.3 Å². The summed E-state index contributed by atoms with van der Waals surface area (Å²) in [5, 5.41) is 4.55.